The Hall–Kier alpha value is -0.820. The first-order valence-electron chi connectivity index (χ1n) is 2.53. The molecule has 1 aromatic rings. The number of rotatable bonds is 2. The van der Waals surface area contributed by atoms with Gasteiger partial charge in [0.15, 0.2) is 0 Å². The van der Waals surface area contributed by atoms with E-state index in [2.05, 4.69) is 5.10 Å². The molecule has 11 heavy (non-hydrogen) atoms. The molecule has 1 rings (SSSR count). The van der Waals surface area contributed by atoms with Crippen LogP contribution in [0.2, 0.25) is 0 Å². The highest BCUT2D eigenvalue weighted by Gasteiger charge is 2.06. The number of hydrogen-bond acceptors (Lipinski definition) is 3. The molecular weight excluding hydrogens is 178 g/mol. The molecule has 0 bridgehead atoms. The van der Waals surface area contributed by atoms with E-state index in [1.54, 1.807) is 0 Å². The molecular formula is C4H3F2N2O2S-. The van der Waals surface area contributed by atoms with Crippen molar-refractivity contribution in [3.63, 3.8) is 0 Å². The molecule has 0 fully saturated rings. The molecule has 0 spiro atoms. The normalized spacial score (nSPS) is 13.8. The number of halogens is 2. The Balaban J connectivity index is 2.90. The standard InChI is InChI=1S/C4H4F2N2O2S/c5-4(6)8-2-3(1-7-8)11(9)10/h1-2,4H,(H,9,10)/p-1. The van der Waals surface area contributed by atoms with Crippen LogP contribution < -0.4 is 0 Å². The van der Waals surface area contributed by atoms with Crippen LogP contribution in [0, 0.1) is 0 Å². The lowest BCUT2D eigenvalue weighted by atomic mass is 10.7. The minimum Gasteiger partial charge on any atom is -0.768 e. The van der Waals surface area contributed by atoms with Crippen molar-refractivity contribution >= 4 is 11.1 Å². The second-order valence-corrected chi connectivity index (χ2v) is 2.61. The Bertz CT molecular complexity index is 275. The van der Waals surface area contributed by atoms with E-state index in [9.17, 15) is 17.5 Å². The summed E-state index contributed by atoms with van der Waals surface area (Å²) in [5.41, 5.74) is 0. The minimum absolute atomic E-state index is 0.245. The number of hydrogen-bond donors (Lipinski definition) is 0. The molecule has 0 aliphatic heterocycles. The molecule has 0 saturated heterocycles. The van der Waals surface area contributed by atoms with Gasteiger partial charge in [-0.2, -0.15) is 13.9 Å². The Morgan fingerprint density at radius 3 is 2.64 bits per heavy atom. The fourth-order valence-corrected chi connectivity index (χ4v) is 0.841. The van der Waals surface area contributed by atoms with E-state index >= 15 is 0 Å². The smallest absolute Gasteiger partial charge is 0.333 e. The van der Waals surface area contributed by atoms with E-state index < -0.39 is 17.6 Å². The highest BCUT2D eigenvalue weighted by molar-refractivity contribution is 7.79. The van der Waals surface area contributed by atoms with Crippen molar-refractivity contribution in [1.29, 1.82) is 0 Å². The highest BCUT2D eigenvalue weighted by atomic mass is 32.2. The Kier molecular flexibility index (Phi) is 2.30. The fourth-order valence-electron chi connectivity index (χ4n) is 0.513. The van der Waals surface area contributed by atoms with Gasteiger partial charge in [0.25, 0.3) is 0 Å². The molecule has 7 heteroatoms. The molecule has 0 amide bonds. The predicted octanol–water partition coefficient (Wildman–Crippen LogP) is 0.516. The van der Waals surface area contributed by atoms with Crippen molar-refractivity contribution in [3.8, 4) is 0 Å². The van der Waals surface area contributed by atoms with Crippen LogP contribution in [0.25, 0.3) is 0 Å². The maximum Gasteiger partial charge on any atom is 0.333 e. The van der Waals surface area contributed by atoms with Gasteiger partial charge in [0.2, 0.25) is 0 Å². The molecule has 0 N–H and O–H groups in total. The van der Waals surface area contributed by atoms with E-state index in [0.29, 0.717) is 0 Å². The lowest BCUT2D eigenvalue weighted by Gasteiger charge is -1.98. The van der Waals surface area contributed by atoms with Crippen LogP contribution >= 0.6 is 0 Å². The second-order valence-electron chi connectivity index (χ2n) is 1.67. The van der Waals surface area contributed by atoms with Crippen molar-refractivity contribution in [2.24, 2.45) is 0 Å². The first kappa shape index (κ1) is 8.28. The molecule has 1 heterocycles. The zero-order valence-electron chi connectivity index (χ0n) is 5.11. The van der Waals surface area contributed by atoms with Crippen LogP contribution in [0.3, 0.4) is 0 Å². The van der Waals surface area contributed by atoms with Crippen molar-refractivity contribution < 1.29 is 17.5 Å². The van der Waals surface area contributed by atoms with Crippen LogP contribution in [0.1, 0.15) is 6.55 Å². The largest absolute Gasteiger partial charge is 0.768 e. The molecule has 1 unspecified atom stereocenters. The summed E-state index contributed by atoms with van der Waals surface area (Å²) >= 11 is -2.49. The van der Waals surface area contributed by atoms with Crippen LogP contribution in [0.5, 0.6) is 0 Å². The van der Waals surface area contributed by atoms with Gasteiger partial charge in [-0.1, -0.05) is 0 Å². The summed E-state index contributed by atoms with van der Waals surface area (Å²) in [5, 5.41) is 3.11. The molecule has 1 atom stereocenters. The predicted molar refractivity (Wildman–Crippen MR) is 30.7 cm³/mol. The van der Waals surface area contributed by atoms with Gasteiger partial charge in [-0.15, -0.1) is 0 Å². The van der Waals surface area contributed by atoms with Crippen molar-refractivity contribution in [2.45, 2.75) is 11.4 Å². The fraction of sp³-hybridized carbons (Fsp3) is 0.250. The van der Waals surface area contributed by atoms with Gasteiger partial charge >= 0.3 is 6.55 Å². The van der Waals surface area contributed by atoms with Gasteiger partial charge in [0.05, 0.1) is 11.1 Å². The highest BCUT2D eigenvalue weighted by Crippen LogP contribution is 2.10. The number of aromatic nitrogens is 2. The Labute approximate surface area is 63.1 Å². The zero-order valence-corrected chi connectivity index (χ0v) is 5.92. The van der Waals surface area contributed by atoms with E-state index in [-0.39, 0.29) is 9.58 Å². The van der Waals surface area contributed by atoms with Crippen LogP contribution in [-0.4, -0.2) is 18.5 Å². The third-order valence-corrected chi connectivity index (χ3v) is 1.57. The average molecular weight is 181 g/mol. The number of nitrogens with zero attached hydrogens (tertiary/aromatic N) is 2. The average Bonchev–Trinajstić information content (AvgIpc) is 2.33. The first-order valence-corrected chi connectivity index (χ1v) is 3.60. The van der Waals surface area contributed by atoms with Crippen molar-refractivity contribution in [1.82, 2.24) is 9.78 Å². The molecule has 0 saturated carbocycles. The Morgan fingerprint density at radius 1 is 1.73 bits per heavy atom. The zero-order chi connectivity index (χ0) is 8.43. The molecule has 1 aromatic heterocycles. The van der Waals surface area contributed by atoms with E-state index in [1.807, 2.05) is 0 Å². The van der Waals surface area contributed by atoms with Crippen molar-refractivity contribution in [2.75, 3.05) is 0 Å². The van der Waals surface area contributed by atoms with Gasteiger partial charge < -0.3 is 4.55 Å². The third-order valence-electron chi connectivity index (χ3n) is 0.970. The quantitative estimate of drug-likeness (QED) is 0.625. The summed E-state index contributed by atoms with van der Waals surface area (Å²) in [4.78, 5) is -0.245. The van der Waals surface area contributed by atoms with Crippen molar-refractivity contribution in [3.05, 3.63) is 12.4 Å². The van der Waals surface area contributed by atoms with Gasteiger partial charge in [-0.3, -0.25) is 4.21 Å². The molecule has 0 aromatic carbocycles. The van der Waals surface area contributed by atoms with Gasteiger partial charge in [-0.25, -0.2) is 4.68 Å². The summed E-state index contributed by atoms with van der Waals surface area (Å²) in [7, 11) is 0. The Morgan fingerprint density at radius 2 is 2.36 bits per heavy atom. The molecule has 0 aliphatic carbocycles. The van der Waals surface area contributed by atoms with Crippen LogP contribution in [-0.2, 0) is 11.1 Å². The second kappa shape index (κ2) is 3.05. The summed E-state index contributed by atoms with van der Waals surface area (Å²) in [5.74, 6) is 0. The monoisotopic (exact) mass is 181 g/mol. The number of alkyl halides is 2. The molecule has 62 valence electrons. The minimum atomic E-state index is -2.80. The van der Waals surface area contributed by atoms with Gasteiger partial charge in [-0.05, 0) is 11.1 Å². The summed E-state index contributed by atoms with van der Waals surface area (Å²) in [6.45, 7) is -2.80. The molecule has 0 radical (unpaired) electrons. The molecule has 4 nitrogen and oxygen atoms in total. The maximum absolute atomic E-state index is 11.7. The van der Waals surface area contributed by atoms with E-state index in [4.69, 9.17) is 0 Å². The van der Waals surface area contributed by atoms with Gasteiger partial charge in [0.1, 0.15) is 0 Å². The lowest BCUT2D eigenvalue weighted by molar-refractivity contribution is 0.0564. The summed E-state index contributed by atoms with van der Waals surface area (Å²) in [6.07, 6.45) is 1.61. The van der Waals surface area contributed by atoms with Gasteiger partial charge in [0, 0.05) is 6.20 Å². The molecule has 0 aliphatic rings. The van der Waals surface area contributed by atoms with E-state index in [1.165, 1.54) is 0 Å². The summed E-state index contributed by atoms with van der Waals surface area (Å²) in [6, 6.07) is 0. The maximum atomic E-state index is 11.7. The third kappa shape index (κ3) is 1.81. The SMILES string of the molecule is O=S([O-])c1cnn(C(F)F)c1. The van der Waals surface area contributed by atoms with E-state index in [0.717, 1.165) is 12.4 Å². The van der Waals surface area contributed by atoms with Crippen LogP contribution in [0.15, 0.2) is 17.3 Å². The summed E-state index contributed by atoms with van der Waals surface area (Å²) < 4.78 is 44.0. The topological polar surface area (TPSA) is 57.9 Å². The first-order chi connectivity index (χ1) is 5.11. The van der Waals surface area contributed by atoms with Crippen LogP contribution in [0.4, 0.5) is 8.78 Å². The lowest BCUT2D eigenvalue weighted by Crippen LogP contribution is -1.97.